The molecule has 0 spiro atoms. The number of rotatable bonds is 3. The molecule has 24 heavy (non-hydrogen) atoms. The molecule has 0 saturated carbocycles. The van der Waals surface area contributed by atoms with E-state index in [1.54, 1.807) is 6.33 Å². The number of nitrogens with one attached hydrogen (secondary N) is 1. The maximum absolute atomic E-state index is 4.40. The maximum Gasteiger partial charge on any atom is 0.141 e. The monoisotopic (exact) mass is 311 g/mol. The van der Waals surface area contributed by atoms with Crippen molar-refractivity contribution in [2.75, 3.05) is 5.32 Å². The topological polar surface area (TPSA) is 37.8 Å². The van der Waals surface area contributed by atoms with Crippen molar-refractivity contribution in [1.82, 2.24) is 9.97 Å². The van der Waals surface area contributed by atoms with Gasteiger partial charge in [-0.15, -0.1) is 0 Å². The number of para-hydroxylation sites is 1. The standard InChI is InChI=1S/C21H17N3/c1-15-6-5-9-19-20(15)22-14-23-21(19)24-18-12-10-17(11-13-18)16-7-3-2-4-8-16/h2-14H,1H3,(H,22,23,24). The molecule has 0 aliphatic heterocycles. The summed E-state index contributed by atoms with van der Waals surface area (Å²) < 4.78 is 0. The fourth-order valence-corrected chi connectivity index (χ4v) is 2.85. The second-order valence-corrected chi connectivity index (χ2v) is 5.76. The van der Waals surface area contributed by atoms with Crippen LogP contribution in [0.5, 0.6) is 0 Å². The molecule has 1 heterocycles. The molecule has 1 N–H and O–H groups in total. The lowest BCUT2D eigenvalue weighted by Gasteiger charge is -2.10. The summed E-state index contributed by atoms with van der Waals surface area (Å²) in [5.74, 6) is 0.830. The molecular formula is C21H17N3. The summed E-state index contributed by atoms with van der Waals surface area (Å²) in [6.07, 6.45) is 1.61. The summed E-state index contributed by atoms with van der Waals surface area (Å²) in [7, 11) is 0. The molecule has 0 radical (unpaired) electrons. The Labute approximate surface area is 141 Å². The van der Waals surface area contributed by atoms with Crippen LogP contribution in [0.2, 0.25) is 0 Å². The van der Waals surface area contributed by atoms with Gasteiger partial charge in [-0.3, -0.25) is 0 Å². The number of aryl methyl sites for hydroxylation is 1. The molecular weight excluding hydrogens is 294 g/mol. The van der Waals surface area contributed by atoms with Gasteiger partial charge in [0.15, 0.2) is 0 Å². The molecule has 0 aliphatic carbocycles. The molecule has 0 unspecified atom stereocenters. The predicted octanol–water partition coefficient (Wildman–Crippen LogP) is 5.35. The van der Waals surface area contributed by atoms with E-state index >= 15 is 0 Å². The van der Waals surface area contributed by atoms with E-state index < -0.39 is 0 Å². The average Bonchev–Trinajstić information content (AvgIpc) is 2.64. The van der Waals surface area contributed by atoms with E-state index in [2.05, 4.69) is 76.8 Å². The fourth-order valence-electron chi connectivity index (χ4n) is 2.85. The highest BCUT2D eigenvalue weighted by Crippen LogP contribution is 2.26. The number of hydrogen-bond donors (Lipinski definition) is 1. The number of aromatic nitrogens is 2. The van der Waals surface area contributed by atoms with Crippen LogP contribution in [-0.2, 0) is 0 Å². The normalized spacial score (nSPS) is 10.7. The van der Waals surface area contributed by atoms with Crippen LogP contribution in [0.15, 0.2) is 79.1 Å². The van der Waals surface area contributed by atoms with Crippen molar-refractivity contribution in [3.05, 3.63) is 84.7 Å². The third-order valence-electron chi connectivity index (χ3n) is 4.12. The van der Waals surface area contributed by atoms with Gasteiger partial charge in [-0.25, -0.2) is 9.97 Å². The zero-order valence-electron chi connectivity index (χ0n) is 13.4. The van der Waals surface area contributed by atoms with Crippen LogP contribution in [-0.4, -0.2) is 9.97 Å². The van der Waals surface area contributed by atoms with E-state index in [1.807, 2.05) is 18.2 Å². The fraction of sp³-hybridized carbons (Fsp3) is 0.0476. The number of hydrogen-bond acceptors (Lipinski definition) is 3. The van der Waals surface area contributed by atoms with Gasteiger partial charge in [0.05, 0.1) is 5.52 Å². The number of nitrogens with zero attached hydrogens (tertiary/aromatic N) is 2. The summed E-state index contributed by atoms with van der Waals surface area (Å²) in [5.41, 5.74) is 5.56. The van der Waals surface area contributed by atoms with E-state index in [-0.39, 0.29) is 0 Å². The Morgan fingerprint density at radius 2 is 1.46 bits per heavy atom. The Kier molecular flexibility index (Phi) is 3.67. The molecule has 0 amide bonds. The minimum atomic E-state index is 0.830. The molecule has 0 atom stereocenters. The highest BCUT2D eigenvalue weighted by atomic mass is 15.0. The van der Waals surface area contributed by atoms with Crippen LogP contribution in [0.1, 0.15) is 5.56 Å². The third kappa shape index (κ3) is 2.72. The summed E-state index contributed by atoms with van der Waals surface area (Å²) in [6, 6.07) is 24.9. The Bertz CT molecular complexity index is 977. The molecule has 4 rings (SSSR count). The Morgan fingerprint density at radius 1 is 0.708 bits per heavy atom. The Balaban J connectivity index is 1.66. The van der Waals surface area contributed by atoms with Gasteiger partial charge in [-0.2, -0.15) is 0 Å². The largest absolute Gasteiger partial charge is 0.340 e. The minimum absolute atomic E-state index is 0.830. The van der Waals surface area contributed by atoms with Crippen LogP contribution >= 0.6 is 0 Å². The van der Waals surface area contributed by atoms with Crippen molar-refractivity contribution in [1.29, 1.82) is 0 Å². The molecule has 3 heteroatoms. The molecule has 0 aliphatic rings. The second kappa shape index (κ2) is 6.13. The highest BCUT2D eigenvalue weighted by molar-refractivity contribution is 5.92. The van der Waals surface area contributed by atoms with Gasteiger partial charge in [-0.05, 0) is 41.8 Å². The first kappa shape index (κ1) is 14.4. The number of benzene rings is 3. The van der Waals surface area contributed by atoms with Crippen LogP contribution in [0.25, 0.3) is 22.0 Å². The zero-order valence-corrected chi connectivity index (χ0v) is 13.4. The predicted molar refractivity (Wildman–Crippen MR) is 99.4 cm³/mol. The van der Waals surface area contributed by atoms with E-state index in [0.29, 0.717) is 0 Å². The van der Waals surface area contributed by atoms with Crippen molar-refractivity contribution in [3.63, 3.8) is 0 Å². The van der Waals surface area contributed by atoms with Gasteiger partial charge in [0, 0.05) is 11.1 Å². The molecule has 4 aromatic rings. The first-order chi connectivity index (χ1) is 11.8. The molecule has 1 aromatic heterocycles. The minimum Gasteiger partial charge on any atom is -0.340 e. The van der Waals surface area contributed by atoms with Crippen LogP contribution in [0, 0.1) is 6.92 Å². The molecule has 3 nitrogen and oxygen atoms in total. The van der Waals surface area contributed by atoms with Crippen LogP contribution < -0.4 is 5.32 Å². The second-order valence-electron chi connectivity index (χ2n) is 5.76. The lowest BCUT2D eigenvalue weighted by molar-refractivity contribution is 1.21. The molecule has 116 valence electrons. The SMILES string of the molecule is Cc1cccc2c(Nc3ccc(-c4ccccc4)cc3)ncnc12. The van der Waals surface area contributed by atoms with Gasteiger partial charge in [0.2, 0.25) is 0 Å². The number of fused-ring (bicyclic) bond motifs is 1. The average molecular weight is 311 g/mol. The molecule has 0 fully saturated rings. The summed E-state index contributed by atoms with van der Waals surface area (Å²) >= 11 is 0. The van der Waals surface area contributed by atoms with E-state index in [1.165, 1.54) is 11.1 Å². The van der Waals surface area contributed by atoms with Crippen molar-refractivity contribution >= 4 is 22.4 Å². The van der Waals surface area contributed by atoms with E-state index in [4.69, 9.17) is 0 Å². The lowest BCUT2D eigenvalue weighted by Crippen LogP contribution is -1.96. The Hall–Kier alpha value is -3.20. The first-order valence-corrected chi connectivity index (χ1v) is 7.94. The van der Waals surface area contributed by atoms with Crippen molar-refractivity contribution < 1.29 is 0 Å². The zero-order chi connectivity index (χ0) is 16.4. The van der Waals surface area contributed by atoms with Crippen LogP contribution in [0.3, 0.4) is 0 Å². The van der Waals surface area contributed by atoms with Gasteiger partial charge in [0.1, 0.15) is 12.1 Å². The van der Waals surface area contributed by atoms with Crippen molar-refractivity contribution in [2.45, 2.75) is 6.92 Å². The summed E-state index contributed by atoms with van der Waals surface area (Å²) in [5, 5.41) is 4.43. The Morgan fingerprint density at radius 3 is 2.25 bits per heavy atom. The lowest BCUT2D eigenvalue weighted by atomic mass is 10.1. The third-order valence-corrected chi connectivity index (χ3v) is 4.12. The molecule has 3 aromatic carbocycles. The quantitative estimate of drug-likeness (QED) is 0.554. The molecule has 0 bridgehead atoms. The van der Waals surface area contributed by atoms with Gasteiger partial charge < -0.3 is 5.32 Å². The number of anilines is 2. The summed E-state index contributed by atoms with van der Waals surface area (Å²) in [4.78, 5) is 8.79. The maximum atomic E-state index is 4.40. The van der Waals surface area contributed by atoms with Gasteiger partial charge >= 0.3 is 0 Å². The molecule has 0 saturated heterocycles. The van der Waals surface area contributed by atoms with E-state index in [9.17, 15) is 0 Å². The summed E-state index contributed by atoms with van der Waals surface area (Å²) in [6.45, 7) is 2.06. The van der Waals surface area contributed by atoms with Gasteiger partial charge in [-0.1, -0.05) is 54.6 Å². The van der Waals surface area contributed by atoms with Crippen molar-refractivity contribution in [2.24, 2.45) is 0 Å². The van der Waals surface area contributed by atoms with Crippen molar-refractivity contribution in [3.8, 4) is 11.1 Å². The first-order valence-electron chi connectivity index (χ1n) is 7.94. The van der Waals surface area contributed by atoms with Crippen LogP contribution in [0.4, 0.5) is 11.5 Å². The smallest absolute Gasteiger partial charge is 0.141 e. The highest BCUT2D eigenvalue weighted by Gasteiger charge is 2.06. The van der Waals surface area contributed by atoms with E-state index in [0.717, 1.165) is 28.0 Å². The van der Waals surface area contributed by atoms with Gasteiger partial charge in [0.25, 0.3) is 0 Å².